The van der Waals surface area contributed by atoms with Gasteiger partial charge in [0.15, 0.2) is 0 Å². The van der Waals surface area contributed by atoms with Crippen molar-refractivity contribution in [3.05, 3.63) is 29.8 Å². The highest BCUT2D eigenvalue weighted by Crippen LogP contribution is 2.14. The zero-order chi connectivity index (χ0) is 12.1. The molecule has 2 N–H and O–H groups in total. The Labute approximate surface area is 101 Å². The predicted octanol–water partition coefficient (Wildman–Crippen LogP) is 1.61. The molecule has 0 saturated carbocycles. The van der Waals surface area contributed by atoms with Gasteiger partial charge in [-0.1, -0.05) is 6.42 Å². The van der Waals surface area contributed by atoms with Crippen LogP contribution in [0.2, 0.25) is 0 Å². The van der Waals surface area contributed by atoms with Gasteiger partial charge in [-0.15, -0.1) is 0 Å². The van der Waals surface area contributed by atoms with Gasteiger partial charge in [-0.05, 0) is 37.1 Å². The van der Waals surface area contributed by atoms with Crippen molar-refractivity contribution >= 4 is 5.91 Å². The second-order valence-electron chi connectivity index (χ2n) is 4.34. The second kappa shape index (κ2) is 5.68. The maximum absolute atomic E-state index is 10.9. The Hall–Kier alpha value is -1.55. The maximum Gasteiger partial charge on any atom is 0.248 e. The summed E-state index contributed by atoms with van der Waals surface area (Å²) in [6.45, 7) is 2.84. The minimum absolute atomic E-state index is 0.410. The standard InChI is InChI=1S/C13H18N2O2/c14-13(16)11-4-6-12(7-5-11)17-10-15-8-2-1-3-9-15/h4-7H,1-3,8-10H2,(H2,14,16). The van der Waals surface area contributed by atoms with Crippen LogP contribution < -0.4 is 10.5 Å². The van der Waals surface area contributed by atoms with Crippen molar-refractivity contribution in [2.45, 2.75) is 19.3 Å². The number of ether oxygens (including phenoxy) is 1. The number of carbonyl (C=O) groups is 1. The molecule has 4 nitrogen and oxygen atoms in total. The molecule has 0 atom stereocenters. The lowest BCUT2D eigenvalue weighted by Crippen LogP contribution is -2.33. The van der Waals surface area contributed by atoms with Crippen LogP contribution in [0.1, 0.15) is 29.6 Å². The fourth-order valence-electron chi connectivity index (χ4n) is 1.97. The Morgan fingerprint density at radius 1 is 1.18 bits per heavy atom. The Balaban J connectivity index is 1.84. The third-order valence-corrected chi connectivity index (χ3v) is 3.00. The van der Waals surface area contributed by atoms with Gasteiger partial charge in [-0.25, -0.2) is 0 Å². The van der Waals surface area contributed by atoms with E-state index in [1.54, 1.807) is 24.3 Å². The minimum atomic E-state index is -0.410. The lowest BCUT2D eigenvalue weighted by atomic mass is 10.1. The summed E-state index contributed by atoms with van der Waals surface area (Å²) in [7, 11) is 0. The molecule has 1 saturated heterocycles. The van der Waals surface area contributed by atoms with Gasteiger partial charge in [0.2, 0.25) is 5.91 Å². The number of rotatable bonds is 4. The third-order valence-electron chi connectivity index (χ3n) is 3.00. The molecule has 1 fully saturated rings. The van der Waals surface area contributed by atoms with Crippen LogP contribution in [0, 0.1) is 0 Å². The van der Waals surface area contributed by atoms with Crippen LogP contribution in [0.25, 0.3) is 0 Å². The van der Waals surface area contributed by atoms with Gasteiger partial charge in [0.25, 0.3) is 0 Å². The molecule has 0 spiro atoms. The number of nitrogens with zero attached hydrogens (tertiary/aromatic N) is 1. The van der Waals surface area contributed by atoms with E-state index < -0.39 is 5.91 Å². The van der Waals surface area contributed by atoms with Crippen molar-refractivity contribution in [3.63, 3.8) is 0 Å². The van der Waals surface area contributed by atoms with Gasteiger partial charge >= 0.3 is 0 Å². The summed E-state index contributed by atoms with van der Waals surface area (Å²) in [6.07, 6.45) is 3.83. The first-order valence-corrected chi connectivity index (χ1v) is 6.01. The average molecular weight is 234 g/mol. The normalized spacial score (nSPS) is 16.7. The smallest absolute Gasteiger partial charge is 0.248 e. The van der Waals surface area contributed by atoms with Gasteiger partial charge in [-0.2, -0.15) is 0 Å². The van der Waals surface area contributed by atoms with E-state index in [2.05, 4.69) is 4.90 Å². The van der Waals surface area contributed by atoms with Crippen molar-refractivity contribution in [2.24, 2.45) is 5.73 Å². The zero-order valence-electron chi connectivity index (χ0n) is 9.89. The second-order valence-corrected chi connectivity index (χ2v) is 4.34. The largest absolute Gasteiger partial charge is 0.478 e. The topological polar surface area (TPSA) is 55.6 Å². The number of piperidine rings is 1. The Bertz CT molecular complexity index is 370. The van der Waals surface area contributed by atoms with E-state index in [0.717, 1.165) is 18.8 Å². The number of benzene rings is 1. The fourth-order valence-corrected chi connectivity index (χ4v) is 1.97. The van der Waals surface area contributed by atoms with Crippen molar-refractivity contribution in [1.82, 2.24) is 4.90 Å². The summed E-state index contributed by atoms with van der Waals surface area (Å²) in [5.74, 6) is 0.369. The van der Waals surface area contributed by atoms with Crippen LogP contribution in [0.3, 0.4) is 0 Å². The summed E-state index contributed by atoms with van der Waals surface area (Å²) in [5.41, 5.74) is 5.68. The molecule has 0 aromatic heterocycles. The Morgan fingerprint density at radius 3 is 2.41 bits per heavy atom. The lowest BCUT2D eigenvalue weighted by molar-refractivity contribution is 0.0999. The van der Waals surface area contributed by atoms with E-state index in [9.17, 15) is 4.79 Å². The molecule has 0 unspecified atom stereocenters. The molecule has 4 heteroatoms. The molecule has 1 heterocycles. The van der Waals surface area contributed by atoms with Crippen molar-refractivity contribution in [3.8, 4) is 5.75 Å². The van der Waals surface area contributed by atoms with Gasteiger partial charge in [0.05, 0.1) is 0 Å². The molecule has 1 amide bonds. The van der Waals surface area contributed by atoms with E-state index >= 15 is 0 Å². The minimum Gasteiger partial charge on any atom is -0.478 e. The number of likely N-dealkylation sites (tertiary alicyclic amines) is 1. The predicted molar refractivity (Wildman–Crippen MR) is 65.9 cm³/mol. The number of primary amides is 1. The number of hydrogen-bond acceptors (Lipinski definition) is 3. The molecular weight excluding hydrogens is 216 g/mol. The highest BCUT2D eigenvalue weighted by Gasteiger charge is 2.10. The molecule has 1 aliphatic rings. The SMILES string of the molecule is NC(=O)c1ccc(OCN2CCCCC2)cc1. The average Bonchev–Trinajstić information content (AvgIpc) is 2.38. The summed E-state index contributed by atoms with van der Waals surface area (Å²) in [6, 6.07) is 6.94. The van der Waals surface area contributed by atoms with Crippen LogP contribution in [0.5, 0.6) is 5.75 Å². The van der Waals surface area contributed by atoms with Crippen molar-refractivity contribution < 1.29 is 9.53 Å². The Kier molecular flexibility index (Phi) is 3.98. The summed E-state index contributed by atoms with van der Waals surface area (Å²) >= 11 is 0. The molecule has 92 valence electrons. The molecule has 0 bridgehead atoms. The molecule has 17 heavy (non-hydrogen) atoms. The van der Waals surface area contributed by atoms with Crippen molar-refractivity contribution in [1.29, 1.82) is 0 Å². The van der Waals surface area contributed by atoms with Gasteiger partial charge in [0.1, 0.15) is 12.5 Å². The van der Waals surface area contributed by atoms with E-state index in [0.29, 0.717) is 12.3 Å². The first kappa shape index (κ1) is 11.9. The third kappa shape index (κ3) is 3.46. The van der Waals surface area contributed by atoms with E-state index in [-0.39, 0.29) is 0 Å². The zero-order valence-corrected chi connectivity index (χ0v) is 9.89. The van der Waals surface area contributed by atoms with Gasteiger partial charge in [-0.3, -0.25) is 9.69 Å². The maximum atomic E-state index is 10.9. The van der Waals surface area contributed by atoms with Crippen LogP contribution in [-0.4, -0.2) is 30.6 Å². The molecule has 1 aromatic carbocycles. The highest BCUT2D eigenvalue weighted by atomic mass is 16.5. The lowest BCUT2D eigenvalue weighted by Gasteiger charge is -2.26. The number of hydrogen-bond donors (Lipinski definition) is 1. The van der Waals surface area contributed by atoms with Crippen molar-refractivity contribution in [2.75, 3.05) is 19.8 Å². The van der Waals surface area contributed by atoms with Gasteiger partial charge in [0, 0.05) is 18.7 Å². The van der Waals surface area contributed by atoms with Crippen LogP contribution in [-0.2, 0) is 0 Å². The fraction of sp³-hybridized carbons (Fsp3) is 0.462. The van der Waals surface area contributed by atoms with Crippen LogP contribution in [0.4, 0.5) is 0 Å². The van der Waals surface area contributed by atoms with Crippen LogP contribution in [0.15, 0.2) is 24.3 Å². The first-order chi connectivity index (χ1) is 8.25. The van der Waals surface area contributed by atoms with E-state index in [4.69, 9.17) is 10.5 Å². The molecule has 1 aliphatic heterocycles. The molecule has 0 aliphatic carbocycles. The number of amides is 1. The summed E-state index contributed by atoms with van der Waals surface area (Å²) < 4.78 is 5.65. The monoisotopic (exact) mass is 234 g/mol. The molecule has 2 rings (SSSR count). The van der Waals surface area contributed by atoms with E-state index in [1.807, 2.05) is 0 Å². The first-order valence-electron chi connectivity index (χ1n) is 6.01. The number of carbonyl (C=O) groups excluding carboxylic acids is 1. The van der Waals surface area contributed by atoms with Gasteiger partial charge < -0.3 is 10.5 Å². The molecular formula is C13H18N2O2. The Morgan fingerprint density at radius 2 is 1.82 bits per heavy atom. The highest BCUT2D eigenvalue weighted by molar-refractivity contribution is 5.92. The molecule has 1 aromatic rings. The molecule has 0 radical (unpaired) electrons. The van der Waals surface area contributed by atoms with Crippen LogP contribution >= 0.6 is 0 Å². The summed E-state index contributed by atoms with van der Waals surface area (Å²) in [5, 5.41) is 0. The number of nitrogens with two attached hydrogens (primary N) is 1. The summed E-state index contributed by atoms with van der Waals surface area (Å²) in [4.78, 5) is 13.2. The quantitative estimate of drug-likeness (QED) is 0.861. The van der Waals surface area contributed by atoms with E-state index in [1.165, 1.54) is 19.3 Å².